The van der Waals surface area contributed by atoms with Crippen LogP contribution >= 0.6 is 0 Å². The van der Waals surface area contributed by atoms with E-state index in [1.54, 1.807) is 0 Å². The second kappa shape index (κ2) is 8.34. The number of hydrogen-bond acceptors (Lipinski definition) is 2. The molecule has 1 amide bonds. The van der Waals surface area contributed by atoms with Crippen LogP contribution in [-0.2, 0) is 4.79 Å². The number of nitrogens with one attached hydrogen (secondary N) is 1. The van der Waals surface area contributed by atoms with E-state index in [9.17, 15) is 4.79 Å². The van der Waals surface area contributed by atoms with Gasteiger partial charge in [-0.25, -0.2) is 0 Å². The van der Waals surface area contributed by atoms with E-state index in [0.717, 1.165) is 34.9 Å². The summed E-state index contributed by atoms with van der Waals surface area (Å²) in [5.41, 5.74) is 1.13. The van der Waals surface area contributed by atoms with Crippen LogP contribution in [0.1, 0.15) is 31.4 Å². The fourth-order valence-electron chi connectivity index (χ4n) is 3.00. The van der Waals surface area contributed by atoms with Crippen LogP contribution in [-0.4, -0.2) is 12.5 Å². The average molecular weight is 333 g/mol. The van der Waals surface area contributed by atoms with Gasteiger partial charge in [0.25, 0.3) is 5.91 Å². The predicted octanol–water partition coefficient (Wildman–Crippen LogP) is 4.88. The van der Waals surface area contributed by atoms with Crippen molar-refractivity contribution in [3.8, 4) is 5.75 Å². The van der Waals surface area contributed by atoms with Crippen molar-refractivity contribution < 1.29 is 9.53 Å². The van der Waals surface area contributed by atoms with E-state index in [0.29, 0.717) is 0 Å². The average Bonchev–Trinajstić information content (AvgIpc) is 2.66. The minimum absolute atomic E-state index is 0.0149. The molecule has 0 aliphatic heterocycles. The molecule has 1 N–H and O–H groups in total. The maximum atomic E-state index is 12.4. The molecule has 0 spiro atoms. The van der Waals surface area contributed by atoms with Gasteiger partial charge in [-0.2, -0.15) is 0 Å². The number of ether oxygens (including phenoxy) is 1. The van der Waals surface area contributed by atoms with Gasteiger partial charge < -0.3 is 10.1 Å². The Morgan fingerprint density at radius 2 is 1.68 bits per heavy atom. The van der Waals surface area contributed by atoms with Crippen LogP contribution in [0, 0.1) is 0 Å². The van der Waals surface area contributed by atoms with Gasteiger partial charge in [0.15, 0.2) is 6.61 Å². The molecule has 0 radical (unpaired) electrons. The number of carbonyl (C=O) groups excluding carboxylic acids is 1. The van der Waals surface area contributed by atoms with Crippen molar-refractivity contribution in [1.29, 1.82) is 0 Å². The van der Waals surface area contributed by atoms with Crippen molar-refractivity contribution in [2.24, 2.45) is 0 Å². The summed E-state index contributed by atoms with van der Waals surface area (Å²) < 4.78 is 5.78. The SMILES string of the molecule is CCC[C@H](NC(=O)COc1cccc2ccccc12)c1ccccc1. The first kappa shape index (κ1) is 17.0. The Morgan fingerprint density at radius 1 is 0.960 bits per heavy atom. The number of benzene rings is 3. The fraction of sp³-hybridized carbons (Fsp3) is 0.227. The first-order valence-corrected chi connectivity index (χ1v) is 8.73. The molecule has 0 unspecified atom stereocenters. The van der Waals surface area contributed by atoms with Gasteiger partial charge in [0.05, 0.1) is 6.04 Å². The van der Waals surface area contributed by atoms with E-state index < -0.39 is 0 Å². The van der Waals surface area contributed by atoms with Crippen molar-refractivity contribution in [2.45, 2.75) is 25.8 Å². The normalized spacial score (nSPS) is 11.9. The van der Waals surface area contributed by atoms with Crippen LogP contribution in [0.2, 0.25) is 0 Å². The third kappa shape index (κ3) is 4.38. The largest absolute Gasteiger partial charge is 0.483 e. The molecule has 0 aliphatic rings. The molecule has 3 rings (SSSR count). The summed E-state index contributed by atoms with van der Waals surface area (Å²) in [6.45, 7) is 2.13. The van der Waals surface area contributed by atoms with Crippen molar-refractivity contribution >= 4 is 16.7 Å². The molecule has 0 aliphatic carbocycles. The van der Waals surface area contributed by atoms with Gasteiger partial charge >= 0.3 is 0 Å². The molecule has 0 heterocycles. The lowest BCUT2D eigenvalue weighted by atomic mass is 10.0. The summed E-state index contributed by atoms with van der Waals surface area (Å²) in [5.74, 6) is 0.634. The third-order valence-corrected chi connectivity index (χ3v) is 4.22. The summed E-state index contributed by atoms with van der Waals surface area (Å²) >= 11 is 0. The Labute approximate surface area is 148 Å². The lowest BCUT2D eigenvalue weighted by molar-refractivity contribution is -0.123. The lowest BCUT2D eigenvalue weighted by Gasteiger charge is -2.19. The summed E-state index contributed by atoms with van der Waals surface area (Å²) in [4.78, 5) is 12.4. The fourth-order valence-corrected chi connectivity index (χ4v) is 3.00. The highest BCUT2D eigenvalue weighted by Gasteiger charge is 2.14. The van der Waals surface area contributed by atoms with E-state index in [2.05, 4.69) is 12.2 Å². The standard InChI is InChI=1S/C22H23NO2/c1-2-9-20(18-11-4-3-5-12-18)23-22(24)16-25-21-15-8-13-17-10-6-7-14-19(17)21/h3-8,10-15,20H,2,9,16H2,1H3,(H,23,24)/t20-/m0/s1. The quantitative estimate of drug-likeness (QED) is 0.669. The third-order valence-electron chi connectivity index (χ3n) is 4.22. The molecule has 3 aromatic rings. The maximum Gasteiger partial charge on any atom is 0.258 e. The minimum atomic E-state index is -0.102. The van der Waals surface area contributed by atoms with E-state index >= 15 is 0 Å². The van der Waals surface area contributed by atoms with Crippen LogP contribution < -0.4 is 10.1 Å². The van der Waals surface area contributed by atoms with Crippen LogP contribution in [0.15, 0.2) is 72.8 Å². The highest BCUT2D eigenvalue weighted by Crippen LogP contribution is 2.25. The van der Waals surface area contributed by atoms with Crippen molar-refractivity contribution in [3.63, 3.8) is 0 Å². The zero-order valence-electron chi connectivity index (χ0n) is 14.4. The number of carbonyl (C=O) groups is 1. The molecule has 0 saturated carbocycles. The number of amides is 1. The first-order chi connectivity index (χ1) is 12.3. The van der Waals surface area contributed by atoms with Crippen molar-refractivity contribution in [1.82, 2.24) is 5.32 Å². The monoisotopic (exact) mass is 333 g/mol. The van der Waals surface area contributed by atoms with Gasteiger partial charge in [-0.3, -0.25) is 4.79 Å². The zero-order valence-corrected chi connectivity index (χ0v) is 14.4. The smallest absolute Gasteiger partial charge is 0.258 e. The van der Waals surface area contributed by atoms with Crippen molar-refractivity contribution in [2.75, 3.05) is 6.61 Å². The van der Waals surface area contributed by atoms with E-state index in [1.807, 2.05) is 72.8 Å². The molecule has 3 heteroatoms. The molecule has 128 valence electrons. The molecule has 0 saturated heterocycles. The summed E-state index contributed by atoms with van der Waals surface area (Å²) in [6.07, 6.45) is 1.91. The molecular weight excluding hydrogens is 310 g/mol. The van der Waals surface area contributed by atoms with Crippen molar-refractivity contribution in [3.05, 3.63) is 78.4 Å². The zero-order chi connectivity index (χ0) is 17.5. The van der Waals surface area contributed by atoms with Crippen LogP contribution in [0.3, 0.4) is 0 Å². The Hall–Kier alpha value is -2.81. The summed E-state index contributed by atoms with van der Waals surface area (Å²) in [5, 5.41) is 5.21. The van der Waals surface area contributed by atoms with Crippen LogP contribution in [0.4, 0.5) is 0 Å². The maximum absolute atomic E-state index is 12.4. The molecule has 3 aromatic carbocycles. The Bertz CT molecular complexity index is 824. The van der Waals surface area contributed by atoms with Gasteiger partial charge in [0.2, 0.25) is 0 Å². The molecule has 0 aromatic heterocycles. The predicted molar refractivity (Wildman–Crippen MR) is 102 cm³/mol. The van der Waals surface area contributed by atoms with Crippen LogP contribution in [0.25, 0.3) is 10.8 Å². The first-order valence-electron chi connectivity index (χ1n) is 8.73. The minimum Gasteiger partial charge on any atom is -0.483 e. The molecule has 0 fully saturated rings. The summed E-state index contributed by atoms with van der Waals surface area (Å²) in [7, 11) is 0. The van der Waals surface area contributed by atoms with E-state index in [1.165, 1.54) is 0 Å². The second-order valence-corrected chi connectivity index (χ2v) is 6.09. The van der Waals surface area contributed by atoms with Gasteiger partial charge in [-0.15, -0.1) is 0 Å². The topological polar surface area (TPSA) is 38.3 Å². The molecule has 0 bridgehead atoms. The van der Waals surface area contributed by atoms with Gasteiger partial charge in [0, 0.05) is 5.39 Å². The van der Waals surface area contributed by atoms with Gasteiger partial charge in [-0.1, -0.05) is 80.1 Å². The number of fused-ring (bicyclic) bond motifs is 1. The van der Waals surface area contributed by atoms with Gasteiger partial charge in [-0.05, 0) is 23.4 Å². The molecule has 1 atom stereocenters. The van der Waals surface area contributed by atoms with Crippen LogP contribution in [0.5, 0.6) is 5.75 Å². The van der Waals surface area contributed by atoms with E-state index in [4.69, 9.17) is 4.74 Å². The molecule has 25 heavy (non-hydrogen) atoms. The summed E-state index contributed by atoms with van der Waals surface area (Å²) in [6, 6.07) is 24.0. The highest BCUT2D eigenvalue weighted by molar-refractivity contribution is 5.88. The molecular formula is C22H23NO2. The second-order valence-electron chi connectivity index (χ2n) is 6.09. The lowest BCUT2D eigenvalue weighted by Crippen LogP contribution is -2.32. The Morgan fingerprint density at radius 3 is 2.48 bits per heavy atom. The van der Waals surface area contributed by atoms with Gasteiger partial charge in [0.1, 0.15) is 5.75 Å². The molecule has 3 nitrogen and oxygen atoms in total. The number of rotatable bonds is 7. The number of hydrogen-bond donors (Lipinski definition) is 1. The highest BCUT2D eigenvalue weighted by atomic mass is 16.5. The Kier molecular flexibility index (Phi) is 5.68. The Balaban J connectivity index is 1.65. The van der Waals surface area contributed by atoms with E-state index in [-0.39, 0.29) is 18.6 Å².